The standard InChI is InChI=1S/C12H10BrFN2O/c13-10-6-9(14)1-2-11(10)17-7-8-3-4-16-12(15)5-8/h1-6H,7H2,(H2,15,16). The molecule has 0 aliphatic rings. The first-order valence-electron chi connectivity index (χ1n) is 4.93. The Labute approximate surface area is 107 Å². The van der Waals surface area contributed by atoms with Crippen molar-refractivity contribution in [1.29, 1.82) is 0 Å². The Morgan fingerprint density at radius 1 is 1.29 bits per heavy atom. The van der Waals surface area contributed by atoms with Gasteiger partial charge in [0.25, 0.3) is 0 Å². The minimum Gasteiger partial charge on any atom is -0.488 e. The molecule has 2 aromatic rings. The Hall–Kier alpha value is -1.62. The molecule has 1 heterocycles. The van der Waals surface area contributed by atoms with Crippen molar-refractivity contribution in [3.05, 3.63) is 52.4 Å². The van der Waals surface area contributed by atoms with Gasteiger partial charge in [0.2, 0.25) is 0 Å². The van der Waals surface area contributed by atoms with E-state index in [-0.39, 0.29) is 5.82 Å². The van der Waals surface area contributed by atoms with Crippen LogP contribution in [0.1, 0.15) is 5.56 Å². The number of aromatic nitrogens is 1. The second-order valence-corrected chi connectivity index (χ2v) is 4.31. The number of halogens is 2. The van der Waals surface area contributed by atoms with Crippen molar-refractivity contribution < 1.29 is 9.13 Å². The van der Waals surface area contributed by atoms with Crippen LogP contribution in [0.2, 0.25) is 0 Å². The lowest BCUT2D eigenvalue weighted by atomic mass is 10.3. The van der Waals surface area contributed by atoms with Gasteiger partial charge in [-0.2, -0.15) is 0 Å². The van der Waals surface area contributed by atoms with Crippen LogP contribution in [0, 0.1) is 5.82 Å². The van der Waals surface area contributed by atoms with Crippen molar-refractivity contribution in [3.63, 3.8) is 0 Å². The van der Waals surface area contributed by atoms with Gasteiger partial charge in [-0.1, -0.05) is 0 Å². The maximum atomic E-state index is 12.9. The summed E-state index contributed by atoms with van der Waals surface area (Å²) in [5.74, 6) is 0.725. The molecule has 0 amide bonds. The van der Waals surface area contributed by atoms with Crippen LogP contribution in [0.25, 0.3) is 0 Å². The summed E-state index contributed by atoms with van der Waals surface area (Å²) in [7, 11) is 0. The van der Waals surface area contributed by atoms with Crippen LogP contribution in [0.5, 0.6) is 5.75 Å². The molecule has 2 rings (SSSR count). The van der Waals surface area contributed by atoms with E-state index in [1.54, 1.807) is 18.3 Å². The summed E-state index contributed by atoms with van der Waals surface area (Å²) < 4.78 is 19.0. The smallest absolute Gasteiger partial charge is 0.134 e. The number of nitrogen functional groups attached to an aromatic ring is 1. The SMILES string of the molecule is Nc1cc(COc2ccc(F)cc2Br)ccn1. The van der Waals surface area contributed by atoms with Crippen molar-refractivity contribution in [3.8, 4) is 5.75 Å². The summed E-state index contributed by atoms with van der Waals surface area (Å²) in [5, 5.41) is 0. The van der Waals surface area contributed by atoms with E-state index in [0.29, 0.717) is 22.6 Å². The zero-order valence-electron chi connectivity index (χ0n) is 8.86. The van der Waals surface area contributed by atoms with Crippen LogP contribution < -0.4 is 10.5 Å². The van der Waals surface area contributed by atoms with Crippen LogP contribution in [0.15, 0.2) is 41.0 Å². The van der Waals surface area contributed by atoms with Crippen molar-refractivity contribution >= 4 is 21.7 Å². The normalized spacial score (nSPS) is 10.2. The Morgan fingerprint density at radius 2 is 2.12 bits per heavy atom. The third-order valence-corrected chi connectivity index (χ3v) is 2.75. The highest BCUT2D eigenvalue weighted by Gasteiger charge is 2.03. The Balaban J connectivity index is 2.07. The van der Waals surface area contributed by atoms with Gasteiger partial charge in [-0.3, -0.25) is 0 Å². The number of pyridine rings is 1. The third kappa shape index (κ3) is 3.17. The zero-order valence-corrected chi connectivity index (χ0v) is 10.4. The summed E-state index contributed by atoms with van der Waals surface area (Å²) in [6.07, 6.45) is 1.62. The average molecular weight is 297 g/mol. The van der Waals surface area contributed by atoms with E-state index in [0.717, 1.165) is 5.56 Å². The van der Waals surface area contributed by atoms with Crippen LogP contribution in [0.3, 0.4) is 0 Å². The first-order chi connectivity index (χ1) is 8.15. The van der Waals surface area contributed by atoms with Crippen molar-refractivity contribution in [2.45, 2.75) is 6.61 Å². The quantitative estimate of drug-likeness (QED) is 0.946. The highest BCUT2D eigenvalue weighted by molar-refractivity contribution is 9.10. The molecule has 3 nitrogen and oxygen atoms in total. The molecule has 0 fully saturated rings. The van der Waals surface area contributed by atoms with Crippen molar-refractivity contribution in [2.24, 2.45) is 0 Å². The number of nitrogens with two attached hydrogens (primary N) is 1. The number of rotatable bonds is 3. The van der Waals surface area contributed by atoms with E-state index in [4.69, 9.17) is 10.5 Å². The van der Waals surface area contributed by atoms with Crippen LogP contribution >= 0.6 is 15.9 Å². The number of nitrogens with zero attached hydrogens (tertiary/aromatic N) is 1. The van der Waals surface area contributed by atoms with Gasteiger partial charge < -0.3 is 10.5 Å². The molecule has 0 bridgehead atoms. The maximum Gasteiger partial charge on any atom is 0.134 e. The van der Waals surface area contributed by atoms with Gasteiger partial charge in [0, 0.05) is 6.20 Å². The molecule has 0 saturated heterocycles. The number of anilines is 1. The highest BCUT2D eigenvalue weighted by Crippen LogP contribution is 2.26. The minimum atomic E-state index is -0.308. The first-order valence-corrected chi connectivity index (χ1v) is 5.73. The Morgan fingerprint density at radius 3 is 2.82 bits per heavy atom. The third-order valence-electron chi connectivity index (χ3n) is 2.13. The molecule has 0 aliphatic carbocycles. The van der Waals surface area contributed by atoms with Crippen LogP contribution in [-0.4, -0.2) is 4.98 Å². The lowest BCUT2D eigenvalue weighted by Crippen LogP contribution is -1.98. The molecule has 0 spiro atoms. The monoisotopic (exact) mass is 296 g/mol. The van der Waals surface area contributed by atoms with Gasteiger partial charge in [0.15, 0.2) is 0 Å². The van der Waals surface area contributed by atoms with E-state index in [1.165, 1.54) is 12.1 Å². The number of hydrogen-bond donors (Lipinski definition) is 1. The zero-order chi connectivity index (χ0) is 12.3. The van der Waals surface area contributed by atoms with Gasteiger partial charge in [-0.05, 0) is 51.8 Å². The average Bonchev–Trinajstić information content (AvgIpc) is 2.28. The van der Waals surface area contributed by atoms with E-state index in [2.05, 4.69) is 20.9 Å². The van der Waals surface area contributed by atoms with E-state index in [1.807, 2.05) is 6.07 Å². The summed E-state index contributed by atoms with van der Waals surface area (Å²) >= 11 is 3.23. The van der Waals surface area contributed by atoms with Crippen molar-refractivity contribution in [2.75, 3.05) is 5.73 Å². The van der Waals surface area contributed by atoms with Crippen LogP contribution in [0.4, 0.5) is 10.2 Å². The second kappa shape index (κ2) is 5.14. The van der Waals surface area contributed by atoms with Gasteiger partial charge in [0.1, 0.15) is 24.0 Å². The first kappa shape index (κ1) is 11.9. The van der Waals surface area contributed by atoms with E-state index in [9.17, 15) is 4.39 Å². The largest absolute Gasteiger partial charge is 0.488 e. The molecule has 88 valence electrons. The lowest BCUT2D eigenvalue weighted by molar-refractivity contribution is 0.303. The molecule has 0 radical (unpaired) electrons. The molecule has 1 aromatic heterocycles. The molecular formula is C12H10BrFN2O. The fraction of sp³-hybridized carbons (Fsp3) is 0.0833. The topological polar surface area (TPSA) is 48.1 Å². The maximum absolute atomic E-state index is 12.9. The Kier molecular flexibility index (Phi) is 3.58. The minimum absolute atomic E-state index is 0.308. The predicted molar refractivity (Wildman–Crippen MR) is 67.1 cm³/mol. The van der Waals surface area contributed by atoms with E-state index < -0.39 is 0 Å². The highest BCUT2D eigenvalue weighted by atomic mass is 79.9. The molecule has 5 heteroatoms. The van der Waals surface area contributed by atoms with Crippen LogP contribution in [-0.2, 0) is 6.61 Å². The molecule has 17 heavy (non-hydrogen) atoms. The van der Waals surface area contributed by atoms with Gasteiger partial charge >= 0.3 is 0 Å². The summed E-state index contributed by atoms with van der Waals surface area (Å²) in [5.41, 5.74) is 6.46. The van der Waals surface area contributed by atoms with E-state index >= 15 is 0 Å². The molecule has 2 N–H and O–H groups in total. The van der Waals surface area contributed by atoms with Gasteiger partial charge in [-0.25, -0.2) is 9.37 Å². The fourth-order valence-electron chi connectivity index (χ4n) is 1.34. The van der Waals surface area contributed by atoms with Crippen molar-refractivity contribution in [1.82, 2.24) is 4.98 Å². The van der Waals surface area contributed by atoms with Gasteiger partial charge in [-0.15, -0.1) is 0 Å². The summed E-state index contributed by atoms with van der Waals surface area (Å²) in [4.78, 5) is 3.89. The fourth-order valence-corrected chi connectivity index (χ4v) is 1.80. The molecule has 0 unspecified atom stereocenters. The van der Waals surface area contributed by atoms with Gasteiger partial charge in [0.05, 0.1) is 4.47 Å². The molecular weight excluding hydrogens is 287 g/mol. The number of benzene rings is 1. The predicted octanol–water partition coefficient (Wildman–Crippen LogP) is 3.14. The molecule has 0 atom stereocenters. The lowest BCUT2D eigenvalue weighted by Gasteiger charge is -2.08. The Bertz CT molecular complexity index is 534. The molecule has 1 aromatic carbocycles. The summed E-state index contributed by atoms with van der Waals surface area (Å²) in [6.45, 7) is 0.358. The summed E-state index contributed by atoms with van der Waals surface area (Å²) in [6, 6.07) is 7.83. The molecule has 0 aliphatic heterocycles. The molecule has 0 saturated carbocycles. The number of ether oxygens (including phenoxy) is 1. The second-order valence-electron chi connectivity index (χ2n) is 3.45. The number of hydrogen-bond acceptors (Lipinski definition) is 3.